The molecule has 3 atom stereocenters. The first-order chi connectivity index (χ1) is 31.0. The monoisotopic (exact) mass is 811 g/mol. The van der Waals surface area contributed by atoms with Crippen LogP contribution in [0.4, 0.5) is 0 Å². The summed E-state index contributed by atoms with van der Waals surface area (Å²) in [7, 11) is 0. The van der Waals surface area contributed by atoms with Crippen LogP contribution in [0.2, 0.25) is 0 Å². The third kappa shape index (κ3) is 5.96. The van der Waals surface area contributed by atoms with Crippen LogP contribution in [0.1, 0.15) is 66.0 Å². The molecule has 10 aromatic rings. The summed E-state index contributed by atoms with van der Waals surface area (Å²) < 4.78 is 9.00. The molecule has 0 amide bonds. The molecule has 0 N–H and O–H groups in total. The van der Waals surface area contributed by atoms with E-state index >= 15 is 0 Å². The molecule has 1 aliphatic heterocycles. The maximum absolute atomic E-state index is 6.56. The van der Waals surface area contributed by atoms with E-state index < -0.39 is 0 Å². The summed E-state index contributed by atoms with van der Waals surface area (Å²) in [5.74, 6) is 1.22. The quantitative estimate of drug-likeness (QED) is 0.165. The van der Waals surface area contributed by atoms with Gasteiger partial charge in [-0.25, -0.2) is 9.98 Å². The van der Waals surface area contributed by atoms with Gasteiger partial charge in [-0.05, 0) is 101 Å². The minimum absolute atomic E-state index is 0.0155. The minimum Gasteiger partial charge on any atom is -0.455 e. The van der Waals surface area contributed by atoms with Crippen LogP contribution in [0.3, 0.4) is 0 Å². The van der Waals surface area contributed by atoms with Gasteiger partial charge in [-0.15, -0.1) is 0 Å². The molecule has 302 valence electrons. The number of benzene rings is 8. The van der Waals surface area contributed by atoms with Crippen molar-refractivity contribution in [3.8, 4) is 16.8 Å². The van der Waals surface area contributed by atoms with Crippen LogP contribution in [0.25, 0.3) is 66.3 Å². The van der Waals surface area contributed by atoms with Gasteiger partial charge in [0, 0.05) is 38.7 Å². The highest BCUT2D eigenvalue weighted by atomic mass is 16.3. The number of nitrogens with zero attached hydrogens (tertiary/aromatic N) is 3. The van der Waals surface area contributed by atoms with E-state index in [1.54, 1.807) is 0 Å². The molecule has 8 aromatic carbocycles. The van der Waals surface area contributed by atoms with Crippen LogP contribution in [-0.4, -0.2) is 16.1 Å². The van der Waals surface area contributed by atoms with E-state index in [2.05, 4.69) is 201 Å². The number of allylic oxidation sites excluding steroid dienone is 1. The zero-order valence-electron chi connectivity index (χ0n) is 35.6. The van der Waals surface area contributed by atoms with Gasteiger partial charge in [0.1, 0.15) is 11.2 Å². The van der Waals surface area contributed by atoms with Gasteiger partial charge in [0.25, 0.3) is 0 Å². The summed E-state index contributed by atoms with van der Waals surface area (Å²) in [4.78, 5) is 10.9. The Labute approximate surface area is 367 Å². The average molecular weight is 812 g/mol. The smallest absolute Gasteiger partial charge is 0.163 e. The van der Waals surface area contributed by atoms with Crippen molar-refractivity contribution in [3.05, 3.63) is 227 Å². The normalized spacial score (nSPS) is 16.8. The molecule has 12 rings (SSSR count). The molecule has 63 heavy (non-hydrogen) atoms. The van der Waals surface area contributed by atoms with Crippen molar-refractivity contribution < 1.29 is 4.42 Å². The summed E-state index contributed by atoms with van der Waals surface area (Å²) in [5, 5.41) is 4.83. The highest BCUT2D eigenvalue weighted by Crippen LogP contribution is 2.49. The average Bonchev–Trinajstić information content (AvgIpc) is 3.86. The van der Waals surface area contributed by atoms with Crippen LogP contribution < -0.4 is 0 Å². The Morgan fingerprint density at radius 2 is 1.25 bits per heavy atom. The Morgan fingerprint density at radius 1 is 0.571 bits per heavy atom. The number of aromatic nitrogens is 1. The Bertz CT molecular complexity index is 3510. The number of furan rings is 1. The number of hydrogen-bond acceptors (Lipinski definition) is 3. The Hall–Kier alpha value is -7.56. The first-order valence-electron chi connectivity index (χ1n) is 22.2. The standard InChI is InChI=1S/C59H45N3O/c1-36-37(2)57(61-59(60-56(36)40-17-6-4-7-18-40)49-26-16-25-47-46-23-13-15-28-54(46)63-58(47)49)41-31-29-39(30-32-41)38(3)50-35-51-45(43-21-10-11-22-44(43)50)33-34-53-55(51)48-24-12-14-27-52(48)62(53)42-19-8-5-9-20-42/h4-34,37-38,50H,35H2,1-3H3. The molecule has 3 unspecified atom stereocenters. The van der Waals surface area contributed by atoms with Gasteiger partial charge in [-0.2, -0.15) is 0 Å². The van der Waals surface area contributed by atoms with Crippen LogP contribution in [0.5, 0.6) is 0 Å². The molecule has 0 spiro atoms. The SMILES string of the molecule is CC1=C(c2ccccc2)N=C(c2cccc3c2oc2ccccc23)N=C(c2ccc(C(C)C3Cc4c(ccc5c4c4ccccc4n5-c4ccccc4)-c4ccccc43)cc2)C1C. The zero-order chi connectivity index (χ0) is 42.2. The first kappa shape index (κ1) is 37.2. The van der Waals surface area contributed by atoms with Gasteiger partial charge < -0.3 is 8.98 Å². The molecule has 4 heteroatoms. The third-order valence-electron chi connectivity index (χ3n) is 13.9. The van der Waals surface area contributed by atoms with E-state index in [0.29, 0.717) is 11.8 Å². The van der Waals surface area contributed by atoms with E-state index in [4.69, 9.17) is 14.4 Å². The maximum Gasteiger partial charge on any atom is 0.163 e. The van der Waals surface area contributed by atoms with Crippen LogP contribution in [0.15, 0.2) is 208 Å². The largest absolute Gasteiger partial charge is 0.455 e. The van der Waals surface area contributed by atoms with Crippen LogP contribution in [0, 0.1) is 5.92 Å². The lowest BCUT2D eigenvalue weighted by Crippen LogP contribution is -2.18. The maximum atomic E-state index is 6.56. The lowest BCUT2D eigenvalue weighted by Gasteiger charge is -2.33. The van der Waals surface area contributed by atoms with E-state index in [-0.39, 0.29) is 11.8 Å². The molecule has 4 nitrogen and oxygen atoms in total. The van der Waals surface area contributed by atoms with Crippen molar-refractivity contribution in [1.82, 2.24) is 4.57 Å². The summed E-state index contributed by atoms with van der Waals surface area (Å²) in [6, 6.07) is 67.8. The predicted octanol–water partition coefficient (Wildman–Crippen LogP) is 15.1. The van der Waals surface area contributed by atoms with E-state index in [0.717, 1.165) is 56.5 Å². The number of fused-ring (bicyclic) bond motifs is 10. The fourth-order valence-corrected chi connectivity index (χ4v) is 10.6. The molecule has 0 radical (unpaired) electrons. The van der Waals surface area contributed by atoms with Gasteiger partial charge in [0.2, 0.25) is 0 Å². The molecule has 2 aliphatic rings. The number of hydrogen-bond donors (Lipinski definition) is 0. The zero-order valence-corrected chi connectivity index (χ0v) is 35.6. The second-order valence-corrected chi connectivity index (χ2v) is 17.3. The van der Waals surface area contributed by atoms with E-state index in [1.807, 2.05) is 12.1 Å². The molecule has 3 heterocycles. The first-order valence-corrected chi connectivity index (χ1v) is 22.2. The van der Waals surface area contributed by atoms with Crippen molar-refractivity contribution >= 4 is 61.0 Å². The van der Waals surface area contributed by atoms with E-state index in [9.17, 15) is 0 Å². The lowest BCUT2D eigenvalue weighted by molar-refractivity contribution is 0.570. The fourth-order valence-electron chi connectivity index (χ4n) is 10.6. The molecule has 0 bridgehead atoms. The molecule has 0 saturated heterocycles. The van der Waals surface area contributed by atoms with Gasteiger partial charge in [-0.3, -0.25) is 0 Å². The van der Waals surface area contributed by atoms with E-state index in [1.165, 1.54) is 60.9 Å². The van der Waals surface area contributed by atoms with Gasteiger partial charge >= 0.3 is 0 Å². The fraction of sp³-hybridized carbons (Fsp3) is 0.119. The second-order valence-electron chi connectivity index (χ2n) is 17.3. The predicted molar refractivity (Wildman–Crippen MR) is 263 cm³/mol. The lowest BCUT2D eigenvalue weighted by atomic mass is 9.71. The number of rotatable bonds is 6. The molecule has 0 saturated carbocycles. The number of aliphatic imine (C=N–C) groups is 2. The second kappa shape index (κ2) is 14.8. The van der Waals surface area contributed by atoms with Crippen molar-refractivity contribution in [1.29, 1.82) is 0 Å². The summed E-state index contributed by atoms with van der Waals surface area (Å²) in [5.41, 5.74) is 18.4. The molecule has 2 aromatic heterocycles. The topological polar surface area (TPSA) is 42.8 Å². The Morgan fingerprint density at radius 3 is 2.08 bits per heavy atom. The van der Waals surface area contributed by atoms with Crippen LogP contribution >= 0.6 is 0 Å². The highest BCUT2D eigenvalue weighted by molar-refractivity contribution is 6.21. The summed E-state index contributed by atoms with van der Waals surface area (Å²) in [6.45, 7) is 6.89. The van der Waals surface area contributed by atoms with Gasteiger partial charge in [-0.1, -0.05) is 166 Å². The number of para-hydroxylation sites is 4. The van der Waals surface area contributed by atoms with Crippen LogP contribution in [-0.2, 0) is 6.42 Å². The molecular weight excluding hydrogens is 767 g/mol. The van der Waals surface area contributed by atoms with Crippen molar-refractivity contribution in [3.63, 3.8) is 0 Å². The van der Waals surface area contributed by atoms with Crippen molar-refractivity contribution in [2.75, 3.05) is 0 Å². The summed E-state index contributed by atoms with van der Waals surface area (Å²) >= 11 is 0. The number of amidine groups is 1. The molecular formula is C59H45N3O. The summed E-state index contributed by atoms with van der Waals surface area (Å²) in [6.07, 6.45) is 0.957. The van der Waals surface area contributed by atoms with Gasteiger partial charge in [0.05, 0.1) is 28.0 Å². The molecule has 1 aliphatic carbocycles. The van der Waals surface area contributed by atoms with Crippen molar-refractivity contribution in [2.24, 2.45) is 15.9 Å². The Balaban J connectivity index is 0.952. The third-order valence-corrected chi connectivity index (χ3v) is 13.9. The highest BCUT2D eigenvalue weighted by Gasteiger charge is 2.32. The molecule has 0 fully saturated rings. The van der Waals surface area contributed by atoms with Gasteiger partial charge in [0.15, 0.2) is 5.84 Å². The Kier molecular flexibility index (Phi) is 8.75. The van der Waals surface area contributed by atoms with Crippen molar-refractivity contribution in [2.45, 2.75) is 39.0 Å². The minimum atomic E-state index is 0.0155.